The minimum Gasteiger partial charge on any atom is -0.494 e. The molecule has 4 rings (SSSR count). The smallest absolute Gasteiger partial charge is 0.273 e. The largest absolute Gasteiger partial charge is 0.494 e. The van der Waals surface area contributed by atoms with Crippen molar-refractivity contribution < 1.29 is 14.5 Å². The van der Waals surface area contributed by atoms with E-state index in [2.05, 4.69) is 47.4 Å². The molecule has 0 aliphatic heterocycles. The Kier molecular flexibility index (Phi) is 8.28. The second-order valence-electron chi connectivity index (χ2n) is 7.28. The topological polar surface area (TPSA) is 120 Å². The number of nitro benzene ring substituents is 1. The highest BCUT2D eigenvalue weighted by molar-refractivity contribution is 9.10. The van der Waals surface area contributed by atoms with Crippen molar-refractivity contribution in [1.29, 1.82) is 0 Å². The molecule has 0 radical (unpaired) electrons. The SMILES string of the molecule is COc1cc([N+](=O)[O-])ccc1NC(=O)CSc1nnc(-c2ccc(Br)cc2)c(-c2ccc(Br)cc2)n1. The van der Waals surface area contributed by atoms with Crippen molar-refractivity contribution in [2.75, 3.05) is 18.2 Å². The molecule has 0 atom stereocenters. The number of nitrogens with one attached hydrogen (secondary N) is 1. The monoisotopic (exact) mass is 629 g/mol. The van der Waals surface area contributed by atoms with E-state index < -0.39 is 4.92 Å². The van der Waals surface area contributed by atoms with Gasteiger partial charge in [-0.2, -0.15) is 0 Å². The molecule has 3 aromatic carbocycles. The van der Waals surface area contributed by atoms with Crippen LogP contribution in [0.2, 0.25) is 0 Å². The summed E-state index contributed by atoms with van der Waals surface area (Å²) in [5.74, 6) is -0.158. The summed E-state index contributed by atoms with van der Waals surface area (Å²) in [6.07, 6.45) is 0. The fourth-order valence-corrected chi connectivity index (χ4v) is 4.31. The van der Waals surface area contributed by atoms with E-state index in [1.54, 1.807) is 0 Å². The second-order valence-corrected chi connectivity index (χ2v) is 10.1. The van der Waals surface area contributed by atoms with Gasteiger partial charge in [-0.3, -0.25) is 14.9 Å². The first-order valence-corrected chi connectivity index (χ1v) is 12.9. The quantitative estimate of drug-likeness (QED) is 0.135. The molecule has 1 aromatic heterocycles. The summed E-state index contributed by atoms with van der Waals surface area (Å²) < 4.78 is 7.05. The van der Waals surface area contributed by atoms with Crippen LogP contribution in [-0.4, -0.2) is 38.9 Å². The maximum atomic E-state index is 12.6. The number of hydrogen-bond acceptors (Lipinski definition) is 8. The molecule has 0 spiro atoms. The third-order valence-electron chi connectivity index (χ3n) is 4.90. The highest BCUT2D eigenvalue weighted by atomic mass is 79.9. The van der Waals surface area contributed by atoms with Gasteiger partial charge in [-0.15, -0.1) is 10.2 Å². The molecule has 0 aliphatic rings. The Morgan fingerprint density at radius 1 is 0.972 bits per heavy atom. The van der Waals surface area contributed by atoms with Gasteiger partial charge in [-0.1, -0.05) is 67.9 Å². The fourth-order valence-electron chi connectivity index (χ4n) is 3.20. The van der Waals surface area contributed by atoms with Gasteiger partial charge in [-0.25, -0.2) is 4.98 Å². The van der Waals surface area contributed by atoms with E-state index in [1.165, 1.54) is 25.3 Å². The molecule has 182 valence electrons. The van der Waals surface area contributed by atoms with E-state index in [9.17, 15) is 14.9 Å². The molecule has 0 saturated heterocycles. The molecule has 4 aromatic rings. The van der Waals surface area contributed by atoms with Crippen LogP contribution in [0.3, 0.4) is 0 Å². The summed E-state index contributed by atoms with van der Waals surface area (Å²) in [4.78, 5) is 27.7. The van der Waals surface area contributed by atoms with Gasteiger partial charge >= 0.3 is 0 Å². The number of nitrogens with zero attached hydrogens (tertiary/aromatic N) is 4. The number of aromatic nitrogens is 3. The highest BCUT2D eigenvalue weighted by Gasteiger charge is 2.17. The molecule has 0 aliphatic carbocycles. The molecule has 36 heavy (non-hydrogen) atoms. The van der Waals surface area contributed by atoms with Gasteiger partial charge < -0.3 is 10.1 Å². The number of ether oxygens (including phenoxy) is 1. The Morgan fingerprint density at radius 2 is 1.58 bits per heavy atom. The lowest BCUT2D eigenvalue weighted by Gasteiger charge is -2.11. The highest BCUT2D eigenvalue weighted by Crippen LogP contribution is 2.32. The van der Waals surface area contributed by atoms with Gasteiger partial charge in [0.05, 0.1) is 29.5 Å². The number of non-ortho nitro benzene ring substituents is 1. The first-order chi connectivity index (χ1) is 17.3. The third-order valence-corrected chi connectivity index (χ3v) is 6.80. The van der Waals surface area contributed by atoms with Gasteiger partial charge in [-0.05, 0) is 30.3 Å². The lowest BCUT2D eigenvalue weighted by molar-refractivity contribution is -0.384. The summed E-state index contributed by atoms with van der Waals surface area (Å²) in [5, 5.41) is 22.6. The van der Waals surface area contributed by atoms with Crippen LogP contribution >= 0.6 is 43.6 Å². The minimum absolute atomic E-state index is 0.000764. The Hall–Kier alpha value is -3.35. The summed E-state index contributed by atoms with van der Waals surface area (Å²) in [6.45, 7) is 0. The van der Waals surface area contributed by atoms with Crippen LogP contribution in [0.25, 0.3) is 22.5 Å². The van der Waals surface area contributed by atoms with Crippen molar-refractivity contribution in [2.24, 2.45) is 0 Å². The van der Waals surface area contributed by atoms with Crippen LogP contribution in [0.5, 0.6) is 5.75 Å². The zero-order valence-corrected chi connectivity index (χ0v) is 22.6. The van der Waals surface area contributed by atoms with E-state index in [-0.39, 0.29) is 23.1 Å². The van der Waals surface area contributed by atoms with Crippen molar-refractivity contribution in [1.82, 2.24) is 15.2 Å². The maximum absolute atomic E-state index is 12.6. The second kappa shape index (κ2) is 11.6. The average Bonchev–Trinajstić information content (AvgIpc) is 2.88. The van der Waals surface area contributed by atoms with Gasteiger partial charge in [0.15, 0.2) is 0 Å². The molecule has 1 heterocycles. The van der Waals surface area contributed by atoms with Crippen molar-refractivity contribution >= 4 is 60.9 Å². The first-order valence-electron chi connectivity index (χ1n) is 10.4. The molecule has 9 nitrogen and oxygen atoms in total. The van der Waals surface area contributed by atoms with Gasteiger partial charge in [0, 0.05) is 26.1 Å². The number of anilines is 1. The molecule has 1 amide bonds. The van der Waals surface area contributed by atoms with Crippen molar-refractivity contribution in [3.05, 3.63) is 85.8 Å². The van der Waals surface area contributed by atoms with Crippen molar-refractivity contribution in [3.63, 3.8) is 0 Å². The standard InChI is InChI=1S/C24H17Br2N5O4S/c1-35-20-12-18(31(33)34)10-11-19(20)27-21(32)13-36-24-28-22(14-2-6-16(25)7-3-14)23(29-30-24)15-4-8-17(26)9-5-15/h2-12H,13H2,1H3,(H,27,32). The Labute approximate surface area is 227 Å². The van der Waals surface area contributed by atoms with Crippen molar-refractivity contribution in [3.8, 4) is 28.3 Å². The normalized spacial score (nSPS) is 10.6. The van der Waals surface area contributed by atoms with Gasteiger partial charge in [0.1, 0.15) is 17.1 Å². The lowest BCUT2D eigenvalue weighted by Crippen LogP contribution is -2.15. The fraction of sp³-hybridized carbons (Fsp3) is 0.0833. The van der Waals surface area contributed by atoms with Crippen LogP contribution in [0.1, 0.15) is 0 Å². The van der Waals surface area contributed by atoms with Gasteiger partial charge in [0.2, 0.25) is 11.1 Å². The Bertz CT molecular complexity index is 1420. The number of rotatable bonds is 8. The van der Waals surface area contributed by atoms with Crippen LogP contribution in [0.4, 0.5) is 11.4 Å². The first kappa shape index (κ1) is 25.7. The molecule has 12 heteroatoms. The van der Waals surface area contributed by atoms with Crippen molar-refractivity contribution in [2.45, 2.75) is 5.16 Å². The molecule has 0 bridgehead atoms. The minimum atomic E-state index is -0.532. The zero-order chi connectivity index (χ0) is 25.7. The summed E-state index contributed by atoms with van der Waals surface area (Å²) in [5.41, 5.74) is 3.16. The van der Waals surface area contributed by atoms with Crippen LogP contribution < -0.4 is 10.1 Å². The number of halogens is 2. The van der Waals surface area contributed by atoms with E-state index in [0.29, 0.717) is 22.2 Å². The van der Waals surface area contributed by atoms with E-state index in [1.807, 2.05) is 48.5 Å². The Morgan fingerprint density at radius 3 is 2.17 bits per heavy atom. The molecule has 1 N–H and O–H groups in total. The zero-order valence-electron chi connectivity index (χ0n) is 18.6. The number of hydrogen-bond donors (Lipinski definition) is 1. The van der Waals surface area contributed by atoms with E-state index in [4.69, 9.17) is 9.72 Å². The van der Waals surface area contributed by atoms with Crippen LogP contribution in [0, 0.1) is 10.1 Å². The molecule has 0 fully saturated rings. The number of thioether (sulfide) groups is 1. The van der Waals surface area contributed by atoms with E-state index >= 15 is 0 Å². The number of benzene rings is 3. The Balaban J connectivity index is 1.55. The number of carbonyl (C=O) groups is 1. The molecular weight excluding hydrogens is 614 g/mol. The number of methoxy groups -OCH3 is 1. The summed E-state index contributed by atoms with van der Waals surface area (Å²) >= 11 is 8.02. The maximum Gasteiger partial charge on any atom is 0.273 e. The van der Waals surface area contributed by atoms with Gasteiger partial charge in [0.25, 0.3) is 5.69 Å². The summed E-state index contributed by atoms with van der Waals surface area (Å²) in [7, 11) is 1.37. The van der Waals surface area contributed by atoms with Crippen LogP contribution in [0.15, 0.2) is 80.8 Å². The lowest BCUT2D eigenvalue weighted by atomic mass is 10.0. The molecular formula is C24H17Br2N5O4S. The summed E-state index contributed by atoms with van der Waals surface area (Å²) in [6, 6.07) is 19.4. The number of amides is 1. The van der Waals surface area contributed by atoms with E-state index in [0.717, 1.165) is 31.8 Å². The number of carbonyl (C=O) groups excluding carboxylic acids is 1. The predicted octanol–water partition coefficient (Wildman–Crippen LogP) is 6.38. The molecule has 0 unspecified atom stereocenters. The van der Waals surface area contributed by atoms with Crippen LogP contribution in [-0.2, 0) is 4.79 Å². The number of nitro groups is 1. The third kappa shape index (κ3) is 6.25. The molecule has 0 saturated carbocycles. The predicted molar refractivity (Wildman–Crippen MR) is 145 cm³/mol. The average molecular weight is 631 g/mol.